The smallest absolute Gasteiger partial charge is 0.225 e. The molecular formula is C22H20BrFN6O. The number of halogens is 2. The van der Waals surface area contributed by atoms with Crippen molar-refractivity contribution in [1.29, 1.82) is 0 Å². The fourth-order valence-electron chi connectivity index (χ4n) is 3.96. The molecule has 31 heavy (non-hydrogen) atoms. The van der Waals surface area contributed by atoms with Crippen molar-refractivity contribution in [3.05, 3.63) is 64.6 Å². The van der Waals surface area contributed by atoms with Gasteiger partial charge in [0.2, 0.25) is 5.95 Å². The second-order valence-corrected chi connectivity index (χ2v) is 8.58. The van der Waals surface area contributed by atoms with Gasteiger partial charge in [-0.1, -0.05) is 6.07 Å². The molecule has 0 saturated carbocycles. The van der Waals surface area contributed by atoms with E-state index in [1.807, 2.05) is 13.0 Å². The summed E-state index contributed by atoms with van der Waals surface area (Å²) < 4.78 is 21.0. The first-order chi connectivity index (χ1) is 15.1. The van der Waals surface area contributed by atoms with E-state index in [1.54, 1.807) is 24.7 Å². The molecule has 0 bridgehead atoms. The molecule has 7 nitrogen and oxygen atoms in total. The van der Waals surface area contributed by atoms with E-state index in [0.29, 0.717) is 23.0 Å². The fourth-order valence-corrected chi connectivity index (χ4v) is 4.16. The van der Waals surface area contributed by atoms with Crippen LogP contribution in [0.5, 0.6) is 0 Å². The Morgan fingerprint density at radius 2 is 1.90 bits per heavy atom. The molecule has 0 amide bonds. The Bertz CT molecular complexity index is 1220. The van der Waals surface area contributed by atoms with E-state index in [1.165, 1.54) is 12.4 Å². The summed E-state index contributed by atoms with van der Waals surface area (Å²) in [6.07, 6.45) is 8.65. The number of anilines is 3. The molecule has 1 aromatic carbocycles. The molecule has 1 aliphatic rings. The molecule has 0 spiro atoms. The van der Waals surface area contributed by atoms with Crippen LogP contribution in [0.1, 0.15) is 29.9 Å². The van der Waals surface area contributed by atoms with Crippen LogP contribution in [0.25, 0.3) is 11.1 Å². The van der Waals surface area contributed by atoms with E-state index in [9.17, 15) is 4.39 Å². The molecule has 1 N–H and O–H groups in total. The van der Waals surface area contributed by atoms with Crippen LogP contribution in [0.4, 0.5) is 21.8 Å². The van der Waals surface area contributed by atoms with Gasteiger partial charge in [-0.2, -0.15) is 0 Å². The number of benzene rings is 1. The second kappa shape index (κ2) is 8.22. The molecule has 4 heterocycles. The third-order valence-corrected chi connectivity index (χ3v) is 5.99. The third-order valence-electron chi connectivity index (χ3n) is 5.58. The van der Waals surface area contributed by atoms with Gasteiger partial charge in [0.1, 0.15) is 17.7 Å². The maximum Gasteiger partial charge on any atom is 0.225 e. The zero-order chi connectivity index (χ0) is 21.4. The molecule has 0 aliphatic carbocycles. The van der Waals surface area contributed by atoms with Crippen molar-refractivity contribution in [2.24, 2.45) is 0 Å². The molecule has 158 valence electrons. The Morgan fingerprint density at radius 1 is 1.13 bits per heavy atom. The zero-order valence-corrected chi connectivity index (χ0v) is 18.4. The minimum absolute atomic E-state index is 0.312. The molecule has 0 atom stereocenters. The summed E-state index contributed by atoms with van der Waals surface area (Å²) in [4.78, 5) is 19.7. The second-order valence-electron chi connectivity index (χ2n) is 7.66. The summed E-state index contributed by atoms with van der Waals surface area (Å²) in [6.45, 7) is 3.55. The summed E-state index contributed by atoms with van der Waals surface area (Å²) in [5.41, 5.74) is 3.57. The first-order valence-electron chi connectivity index (χ1n) is 10.1. The molecule has 4 aromatic rings. The van der Waals surface area contributed by atoms with E-state index in [0.717, 1.165) is 53.0 Å². The largest absolute Gasteiger partial charge is 0.458 e. The van der Waals surface area contributed by atoms with Crippen molar-refractivity contribution in [3.8, 4) is 0 Å². The summed E-state index contributed by atoms with van der Waals surface area (Å²) >= 11 is 3.37. The van der Waals surface area contributed by atoms with E-state index in [2.05, 4.69) is 46.1 Å². The third kappa shape index (κ3) is 3.97. The van der Waals surface area contributed by atoms with Gasteiger partial charge >= 0.3 is 0 Å². The van der Waals surface area contributed by atoms with Gasteiger partial charge in [-0.25, -0.2) is 24.3 Å². The summed E-state index contributed by atoms with van der Waals surface area (Å²) in [7, 11) is 0. The van der Waals surface area contributed by atoms with Crippen LogP contribution in [0.15, 0.2) is 52.1 Å². The fraction of sp³-hybridized carbons (Fsp3) is 0.273. The Hall–Kier alpha value is -3.07. The van der Waals surface area contributed by atoms with Crippen molar-refractivity contribution in [2.75, 3.05) is 23.3 Å². The van der Waals surface area contributed by atoms with E-state index < -0.39 is 0 Å². The van der Waals surface area contributed by atoms with Gasteiger partial charge in [0, 0.05) is 31.0 Å². The first-order valence-corrected chi connectivity index (χ1v) is 10.9. The molecule has 0 unspecified atom stereocenters. The average Bonchev–Trinajstić information content (AvgIpc) is 3.21. The molecule has 1 aliphatic heterocycles. The van der Waals surface area contributed by atoms with Crippen molar-refractivity contribution >= 4 is 44.5 Å². The number of fused-ring (bicyclic) bond motifs is 1. The molecule has 0 radical (unpaired) electrons. The van der Waals surface area contributed by atoms with Gasteiger partial charge in [0.15, 0.2) is 11.4 Å². The van der Waals surface area contributed by atoms with Crippen LogP contribution < -0.4 is 10.2 Å². The lowest BCUT2D eigenvalue weighted by atomic mass is 9.90. The van der Waals surface area contributed by atoms with E-state index in [4.69, 9.17) is 4.42 Å². The predicted molar refractivity (Wildman–Crippen MR) is 120 cm³/mol. The number of hydrogen-bond donors (Lipinski definition) is 1. The number of aromatic nitrogens is 4. The SMILES string of the molecule is Cc1ccc(Nc2ncnc3c(C4CCN(c5ncc(Br)cn5)CC4)coc23)c(F)c1. The molecular weight excluding hydrogens is 463 g/mol. The average molecular weight is 483 g/mol. The Kier molecular flexibility index (Phi) is 5.27. The van der Waals surface area contributed by atoms with Crippen molar-refractivity contribution in [2.45, 2.75) is 25.7 Å². The van der Waals surface area contributed by atoms with Gasteiger partial charge in [-0.3, -0.25) is 0 Å². The topological polar surface area (TPSA) is 80.0 Å². The van der Waals surface area contributed by atoms with Gasteiger partial charge in [-0.15, -0.1) is 0 Å². The molecule has 1 fully saturated rings. The number of aryl methyl sites for hydroxylation is 1. The quantitative estimate of drug-likeness (QED) is 0.419. The van der Waals surface area contributed by atoms with Crippen LogP contribution in [-0.4, -0.2) is 33.0 Å². The predicted octanol–water partition coefficient (Wildman–Crippen LogP) is 5.35. The van der Waals surface area contributed by atoms with E-state index >= 15 is 0 Å². The number of furan rings is 1. The molecule has 9 heteroatoms. The lowest BCUT2D eigenvalue weighted by molar-refractivity contribution is 0.493. The van der Waals surface area contributed by atoms with Crippen LogP contribution in [0.3, 0.4) is 0 Å². The Morgan fingerprint density at radius 3 is 2.65 bits per heavy atom. The highest BCUT2D eigenvalue weighted by Crippen LogP contribution is 2.36. The van der Waals surface area contributed by atoms with Gasteiger partial charge in [-0.05, 0) is 59.3 Å². The van der Waals surface area contributed by atoms with Crippen LogP contribution in [0.2, 0.25) is 0 Å². The summed E-state index contributed by atoms with van der Waals surface area (Å²) in [6, 6.07) is 5.03. The number of rotatable bonds is 4. The number of piperidine rings is 1. The highest BCUT2D eigenvalue weighted by atomic mass is 79.9. The van der Waals surface area contributed by atoms with Crippen molar-refractivity contribution in [1.82, 2.24) is 19.9 Å². The van der Waals surface area contributed by atoms with Crippen molar-refractivity contribution in [3.63, 3.8) is 0 Å². The highest BCUT2D eigenvalue weighted by molar-refractivity contribution is 9.10. The Labute approximate surface area is 186 Å². The van der Waals surface area contributed by atoms with Crippen LogP contribution >= 0.6 is 15.9 Å². The van der Waals surface area contributed by atoms with Gasteiger partial charge in [0.05, 0.1) is 16.4 Å². The minimum atomic E-state index is -0.332. The van der Waals surface area contributed by atoms with Gasteiger partial charge in [0.25, 0.3) is 0 Å². The number of hydrogen-bond acceptors (Lipinski definition) is 7. The van der Waals surface area contributed by atoms with Crippen LogP contribution in [-0.2, 0) is 0 Å². The monoisotopic (exact) mass is 482 g/mol. The minimum Gasteiger partial charge on any atom is -0.458 e. The normalized spacial score (nSPS) is 14.9. The van der Waals surface area contributed by atoms with Crippen LogP contribution in [0, 0.1) is 12.7 Å². The maximum absolute atomic E-state index is 14.3. The summed E-state index contributed by atoms with van der Waals surface area (Å²) in [5.74, 6) is 1.18. The zero-order valence-electron chi connectivity index (χ0n) is 16.8. The highest BCUT2D eigenvalue weighted by Gasteiger charge is 2.26. The number of nitrogens with one attached hydrogen (secondary N) is 1. The van der Waals surface area contributed by atoms with Crippen molar-refractivity contribution < 1.29 is 8.81 Å². The molecule has 3 aromatic heterocycles. The first kappa shape index (κ1) is 19.9. The lowest BCUT2D eigenvalue weighted by Crippen LogP contribution is -2.34. The Balaban J connectivity index is 1.36. The lowest BCUT2D eigenvalue weighted by Gasteiger charge is -2.31. The number of nitrogens with zero attached hydrogens (tertiary/aromatic N) is 5. The van der Waals surface area contributed by atoms with E-state index in [-0.39, 0.29) is 5.82 Å². The summed E-state index contributed by atoms with van der Waals surface area (Å²) in [5, 5.41) is 3.04. The van der Waals surface area contributed by atoms with Gasteiger partial charge < -0.3 is 14.6 Å². The molecule has 1 saturated heterocycles. The maximum atomic E-state index is 14.3. The standard InChI is InChI=1S/C22H20BrFN6O/c1-13-2-3-18(17(24)8-13)29-21-20-19(27-12-28-21)16(11-31-20)14-4-6-30(7-5-14)22-25-9-15(23)10-26-22/h2-3,8-12,14H,4-7H2,1H3,(H,27,28,29). The molecule has 5 rings (SSSR count).